The van der Waals surface area contributed by atoms with Crippen LogP contribution in [0.5, 0.6) is 0 Å². The zero-order chi connectivity index (χ0) is 12.2. The molecule has 16 heavy (non-hydrogen) atoms. The summed E-state index contributed by atoms with van der Waals surface area (Å²) < 4.78 is 21.7. The average molecular weight is 268 g/mol. The summed E-state index contributed by atoms with van der Waals surface area (Å²) in [6, 6.07) is 0. The van der Waals surface area contributed by atoms with Crippen LogP contribution in [0.25, 0.3) is 0 Å². The molecule has 6 heteroatoms. The SMILES string of the molecule is CS(=O)(=O)CC(=O)NCC1CCCC(Cl)C1. The monoisotopic (exact) mass is 267 g/mol. The van der Waals surface area contributed by atoms with Gasteiger partial charge in [0, 0.05) is 18.2 Å². The van der Waals surface area contributed by atoms with Crippen LogP contribution in [0.3, 0.4) is 0 Å². The predicted molar refractivity (Wildman–Crippen MR) is 64.3 cm³/mol. The number of halogens is 1. The highest BCUT2D eigenvalue weighted by atomic mass is 35.5. The third kappa shape index (κ3) is 5.70. The molecular formula is C10H18ClNO3S. The molecule has 1 N–H and O–H groups in total. The van der Waals surface area contributed by atoms with Crippen LogP contribution >= 0.6 is 11.6 Å². The molecule has 4 nitrogen and oxygen atoms in total. The van der Waals surface area contributed by atoms with Crippen LogP contribution in [0.2, 0.25) is 0 Å². The number of sulfone groups is 1. The molecule has 0 saturated heterocycles. The lowest BCUT2D eigenvalue weighted by atomic mass is 9.89. The maximum Gasteiger partial charge on any atom is 0.235 e. The first kappa shape index (κ1) is 13.8. The van der Waals surface area contributed by atoms with Crippen molar-refractivity contribution in [3.8, 4) is 0 Å². The van der Waals surface area contributed by atoms with Crippen LogP contribution in [0.15, 0.2) is 0 Å². The number of rotatable bonds is 4. The molecule has 1 rings (SSSR count). The van der Waals surface area contributed by atoms with E-state index in [0.29, 0.717) is 12.5 Å². The van der Waals surface area contributed by atoms with Gasteiger partial charge in [0.05, 0.1) is 0 Å². The fourth-order valence-electron chi connectivity index (χ4n) is 1.96. The highest BCUT2D eigenvalue weighted by molar-refractivity contribution is 7.91. The Bertz CT molecular complexity index is 342. The van der Waals surface area contributed by atoms with E-state index in [1.165, 1.54) is 0 Å². The van der Waals surface area contributed by atoms with Gasteiger partial charge in [0.1, 0.15) is 5.75 Å². The molecule has 0 aromatic rings. The number of carbonyl (C=O) groups is 1. The zero-order valence-corrected chi connectivity index (χ0v) is 11.0. The number of nitrogens with one attached hydrogen (secondary N) is 1. The van der Waals surface area contributed by atoms with Crippen molar-refractivity contribution in [3.63, 3.8) is 0 Å². The maximum atomic E-state index is 11.3. The van der Waals surface area contributed by atoms with E-state index in [1.807, 2.05) is 0 Å². The summed E-state index contributed by atoms with van der Waals surface area (Å²) >= 11 is 6.02. The van der Waals surface area contributed by atoms with Gasteiger partial charge in [0.15, 0.2) is 9.84 Å². The van der Waals surface area contributed by atoms with Gasteiger partial charge in [-0.05, 0) is 25.2 Å². The summed E-state index contributed by atoms with van der Waals surface area (Å²) in [5.74, 6) is -0.455. The van der Waals surface area contributed by atoms with Crippen LogP contribution in [0, 0.1) is 5.92 Å². The summed E-state index contributed by atoms with van der Waals surface area (Å²) in [4.78, 5) is 11.3. The van der Waals surface area contributed by atoms with Gasteiger partial charge in [-0.25, -0.2) is 8.42 Å². The van der Waals surface area contributed by atoms with Gasteiger partial charge >= 0.3 is 0 Å². The van der Waals surface area contributed by atoms with Gasteiger partial charge in [-0.15, -0.1) is 11.6 Å². The normalized spacial score (nSPS) is 26.4. The van der Waals surface area contributed by atoms with Gasteiger partial charge in [0.2, 0.25) is 5.91 Å². The first-order valence-electron chi connectivity index (χ1n) is 5.45. The Morgan fingerprint density at radius 1 is 1.44 bits per heavy atom. The Balaban J connectivity index is 2.26. The average Bonchev–Trinajstić information content (AvgIpc) is 2.12. The number of amides is 1. The standard InChI is InChI=1S/C10H18ClNO3S/c1-16(14,15)7-10(13)12-6-8-3-2-4-9(11)5-8/h8-9H,2-7H2,1H3,(H,12,13). The quantitative estimate of drug-likeness (QED) is 0.772. The van der Waals surface area contributed by atoms with E-state index in [0.717, 1.165) is 31.9 Å². The van der Waals surface area contributed by atoms with Crippen LogP contribution in [-0.2, 0) is 14.6 Å². The second-order valence-corrected chi connectivity index (χ2v) is 7.26. The molecule has 1 fully saturated rings. The number of hydrogen-bond donors (Lipinski definition) is 1. The third-order valence-corrected chi connectivity index (χ3v) is 3.88. The van der Waals surface area contributed by atoms with Crippen molar-refractivity contribution in [1.82, 2.24) is 5.32 Å². The minimum Gasteiger partial charge on any atom is -0.355 e. The molecule has 1 saturated carbocycles. The zero-order valence-electron chi connectivity index (χ0n) is 9.41. The molecule has 2 atom stereocenters. The lowest BCUT2D eigenvalue weighted by molar-refractivity contribution is -0.118. The molecule has 0 aromatic carbocycles. The first-order chi connectivity index (χ1) is 7.37. The Morgan fingerprint density at radius 2 is 2.12 bits per heavy atom. The lowest BCUT2D eigenvalue weighted by Gasteiger charge is -2.25. The first-order valence-corrected chi connectivity index (χ1v) is 7.95. The van der Waals surface area contributed by atoms with Crippen molar-refractivity contribution in [2.24, 2.45) is 5.92 Å². The Hall–Kier alpha value is -0.290. The fraction of sp³-hybridized carbons (Fsp3) is 0.900. The van der Waals surface area contributed by atoms with Crippen LogP contribution < -0.4 is 5.32 Å². The van der Waals surface area contributed by atoms with Gasteiger partial charge in [-0.2, -0.15) is 0 Å². The molecule has 1 amide bonds. The number of hydrogen-bond acceptors (Lipinski definition) is 3. The minimum absolute atomic E-state index is 0.200. The van der Waals surface area contributed by atoms with Gasteiger partial charge in [-0.1, -0.05) is 6.42 Å². The molecule has 2 unspecified atom stereocenters. The van der Waals surface area contributed by atoms with E-state index < -0.39 is 21.5 Å². The Labute approximate surface area is 102 Å². The molecule has 0 bridgehead atoms. The minimum atomic E-state index is -3.23. The molecule has 94 valence electrons. The van der Waals surface area contributed by atoms with Crippen LogP contribution in [-0.4, -0.2) is 38.3 Å². The van der Waals surface area contributed by atoms with Gasteiger partial charge in [0.25, 0.3) is 0 Å². The summed E-state index contributed by atoms with van der Waals surface area (Å²) in [5.41, 5.74) is 0. The largest absolute Gasteiger partial charge is 0.355 e. The van der Waals surface area contributed by atoms with Crippen molar-refractivity contribution in [2.45, 2.75) is 31.1 Å². The van der Waals surface area contributed by atoms with Crippen molar-refractivity contribution >= 4 is 27.3 Å². The number of carbonyl (C=O) groups excluding carboxylic acids is 1. The Kier molecular flexibility index (Phi) is 5.05. The van der Waals surface area contributed by atoms with E-state index in [1.54, 1.807) is 0 Å². The number of alkyl halides is 1. The molecule has 0 heterocycles. The lowest BCUT2D eigenvalue weighted by Crippen LogP contribution is -2.35. The topological polar surface area (TPSA) is 63.2 Å². The molecule has 1 aliphatic carbocycles. The maximum absolute atomic E-state index is 11.3. The third-order valence-electron chi connectivity index (χ3n) is 2.70. The smallest absolute Gasteiger partial charge is 0.235 e. The van der Waals surface area contributed by atoms with E-state index in [4.69, 9.17) is 11.6 Å². The van der Waals surface area contributed by atoms with Crippen molar-refractivity contribution in [2.75, 3.05) is 18.6 Å². The summed E-state index contributed by atoms with van der Waals surface area (Å²) in [6.45, 7) is 0.539. The van der Waals surface area contributed by atoms with E-state index >= 15 is 0 Å². The fourth-order valence-corrected chi connectivity index (χ4v) is 2.94. The predicted octanol–water partition coefficient (Wildman–Crippen LogP) is 0.945. The van der Waals surface area contributed by atoms with E-state index in [-0.39, 0.29) is 5.38 Å². The molecule has 1 aliphatic rings. The van der Waals surface area contributed by atoms with Gasteiger partial charge < -0.3 is 5.32 Å². The highest BCUT2D eigenvalue weighted by Gasteiger charge is 2.21. The summed E-state index contributed by atoms with van der Waals surface area (Å²) in [5, 5.41) is 2.85. The molecular weight excluding hydrogens is 250 g/mol. The van der Waals surface area contributed by atoms with Crippen molar-refractivity contribution < 1.29 is 13.2 Å². The summed E-state index contributed by atoms with van der Waals surface area (Å²) in [7, 11) is -3.23. The Morgan fingerprint density at radius 3 is 2.69 bits per heavy atom. The molecule has 0 spiro atoms. The summed E-state index contributed by atoms with van der Waals surface area (Å²) in [6.07, 6.45) is 5.14. The van der Waals surface area contributed by atoms with E-state index in [2.05, 4.69) is 5.32 Å². The van der Waals surface area contributed by atoms with E-state index in [9.17, 15) is 13.2 Å². The highest BCUT2D eigenvalue weighted by Crippen LogP contribution is 2.27. The van der Waals surface area contributed by atoms with Crippen LogP contribution in [0.1, 0.15) is 25.7 Å². The van der Waals surface area contributed by atoms with Crippen LogP contribution in [0.4, 0.5) is 0 Å². The molecule has 0 radical (unpaired) electrons. The molecule has 0 aromatic heterocycles. The van der Waals surface area contributed by atoms with Gasteiger partial charge in [-0.3, -0.25) is 4.79 Å². The van der Waals surface area contributed by atoms with Crippen molar-refractivity contribution in [3.05, 3.63) is 0 Å². The second kappa shape index (κ2) is 5.87. The molecule has 0 aliphatic heterocycles. The van der Waals surface area contributed by atoms with Crippen molar-refractivity contribution in [1.29, 1.82) is 0 Å². The second-order valence-electron chi connectivity index (χ2n) is 4.50.